The molecule has 0 aliphatic heterocycles. The maximum Gasteiger partial charge on any atom is 0.264 e. The highest BCUT2D eigenvalue weighted by atomic mass is 35.5. The fourth-order valence-corrected chi connectivity index (χ4v) is 5.55. The summed E-state index contributed by atoms with van der Waals surface area (Å²) < 4.78 is 34.2. The molecule has 1 atom stereocenters. The van der Waals surface area contributed by atoms with Crippen LogP contribution in [0, 0.1) is 6.92 Å². The number of nitrogens with zero attached hydrogens (tertiary/aromatic N) is 2. The predicted molar refractivity (Wildman–Crippen MR) is 153 cm³/mol. The van der Waals surface area contributed by atoms with Gasteiger partial charge in [-0.05, 0) is 87.4 Å². The molecule has 0 bridgehead atoms. The molecule has 0 unspecified atom stereocenters. The van der Waals surface area contributed by atoms with Crippen molar-refractivity contribution in [3.8, 4) is 5.75 Å². The second kappa shape index (κ2) is 13.5. The van der Waals surface area contributed by atoms with Crippen LogP contribution in [0.25, 0.3) is 0 Å². The summed E-state index contributed by atoms with van der Waals surface area (Å²) in [4.78, 5) is 28.1. The van der Waals surface area contributed by atoms with Gasteiger partial charge in [-0.25, -0.2) is 8.42 Å². The molecule has 2 amide bonds. The van der Waals surface area contributed by atoms with Gasteiger partial charge >= 0.3 is 0 Å². The van der Waals surface area contributed by atoms with Crippen molar-refractivity contribution in [2.75, 3.05) is 24.0 Å². The Hall–Kier alpha value is -3.56. The van der Waals surface area contributed by atoms with E-state index < -0.39 is 28.5 Å². The van der Waals surface area contributed by atoms with Gasteiger partial charge in [-0.15, -0.1) is 0 Å². The maximum atomic E-state index is 13.9. The summed E-state index contributed by atoms with van der Waals surface area (Å²) in [6.45, 7) is 7.68. The number of sulfonamides is 1. The van der Waals surface area contributed by atoms with Crippen LogP contribution in [0.2, 0.25) is 5.02 Å². The second-order valence-electron chi connectivity index (χ2n) is 8.91. The number of nitrogens with one attached hydrogen (secondary N) is 1. The van der Waals surface area contributed by atoms with Crippen molar-refractivity contribution in [2.45, 2.75) is 45.2 Å². The van der Waals surface area contributed by atoms with Crippen LogP contribution >= 0.6 is 11.6 Å². The van der Waals surface area contributed by atoms with E-state index in [1.807, 2.05) is 38.1 Å². The first-order chi connectivity index (χ1) is 18.6. The Labute approximate surface area is 235 Å². The van der Waals surface area contributed by atoms with Gasteiger partial charge in [-0.3, -0.25) is 13.9 Å². The number of carbonyl (C=O) groups excluding carboxylic acids is 2. The van der Waals surface area contributed by atoms with E-state index in [1.165, 1.54) is 29.2 Å². The van der Waals surface area contributed by atoms with Crippen LogP contribution in [-0.4, -0.2) is 50.9 Å². The zero-order valence-corrected chi connectivity index (χ0v) is 24.1. The fraction of sp³-hybridized carbons (Fsp3) is 0.310. The lowest BCUT2D eigenvalue weighted by Gasteiger charge is -2.32. The third-order valence-corrected chi connectivity index (χ3v) is 8.28. The molecule has 3 aromatic carbocycles. The van der Waals surface area contributed by atoms with E-state index in [2.05, 4.69) is 5.32 Å². The van der Waals surface area contributed by atoms with Gasteiger partial charge in [-0.1, -0.05) is 35.9 Å². The quantitative estimate of drug-likeness (QED) is 0.337. The highest BCUT2D eigenvalue weighted by Gasteiger charge is 2.32. The van der Waals surface area contributed by atoms with Crippen LogP contribution < -0.4 is 14.4 Å². The van der Waals surface area contributed by atoms with E-state index in [-0.39, 0.29) is 23.0 Å². The first kappa shape index (κ1) is 30.0. The molecule has 0 heterocycles. The van der Waals surface area contributed by atoms with Gasteiger partial charge < -0.3 is 15.0 Å². The fourth-order valence-electron chi connectivity index (χ4n) is 4.01. The normalized spacial score (nSPS) is 11.9. The van der Waals surface area contributed by atoms with Gasteiger partial charge in [0, 0.05) is 18.1 Å². The first-order valence-electron chi connectivity index (χ1n) is 12.7. The number of halogens is 1. The minimum absolute atomic E-state index is 0.0178. The van der Waals surface area contributed by atoms with Crippen molar-refractivity contribution >= 4 is 39.1 Å². The number of amides is 2. The number of likely N-dealkylation sites (N-methyl/N-ethyl adjacent to an activating group) is 1. The molecule has 0 aliphatic carbocycles. The lowest BCUT2D eigenvalue weighted by atomic mass is 10.1. The van der Waals surface area contributed by atoms with Crippen molar-refractivity contribution in [1.29, 1.82) is 0 Å². The van der Waals surface area contributed by atoms with Crippen molar-refractivity contribution in [1.82, 2.24) is 10.2 Å². The summed E-state index contributed by atoms with van der Waals surface area (Å²) in [5.41, 5.74) is 2.09. The van der Waals surface area contributed by atoms with Crippen LogP contribution in [0.4, 0.5) is 5.69 Å². The molecule has 0 aromatic heterocycles. The third kappa shape index (κ3) is 7.52. The Morgan fingerprint density at radius 1 is 0.974 bits per heavy atom. The molecule has 208 valence electrons. The molecule has 0 saturated carbocycles. The van der Waals surface area contributed by atoms with Crippen LogP contribution in [0.15, 0.2) is 77.7 Å². The minimum Gasteiger partial charge on any atom is -0.494 e. The smallest absolute Gasteiger partial charge is 0.264 e. The number of hydrogen-bond acceptors (Lipinski definition) is 5. The Balaban J connectivity index is 2.04. The minimum atomic E-state index is -4.18. The van der Waals surface area contributed by atoms with Crippen LogP contribution in [0.3, 0.4) is 0 Å². The van der Waals surface area contributed by atoms with E-state index in [0.29, 0.717) is 23.9 Å². The number of aryl methyl sites for hydroxylation is 1. The number of rotatable bonds is 12. The highest BCUT2D eigenvalue weighted by molar-refractivity contribution is 7.92. The molecule has 0 spiro atoms. The Morgan fingerprint density at radius 2 is 1.62 bits per heavy atom. The average molecular weight is 572 g/mol. The lowest BCUT2D eigenvalue weighted by molar-refractivity contribution is -0.139. The Kier molecular flexibility index (Phi) is 10.4. The van der Waals surface area contributed by atoms with Crippen molar-refractivity contribution in [3.05, 3.63) is 88.9 Å². The summed E-state index contributed by atoms with van der Waals surface area (Å²) in [7, 11) is -4.18. The van der Waals surface area contributed by atoms with Crippen molar-refractivity contribution < 1.29 is 22.7 Å². The summed E-state index contributed by atoms with van der Waals surface area (Å²) in [5.74, 6) is -0.279. The summed E-state index contributed by atoms with van der Waals surface area (Å²) in [5, 5.41) is 3.14. The molecule has 0 fully saturated rings. The molecule has 3 rings (SSSR count). The zero-order chi connectivity index (χ0) is 28.6. The lowest BCUT2D eigenvalue weighted by Crippen LogP contribution is -2.51. The van der Waals surface area contributed by atoms with Crippen molar-refractivity contribution in [3.63, 3.8) is 0 Å². The molecular formula is C29H34ClN3O5S. The molecule has 0 aliphatic rings. The van der Waals surface area contributed by atoms with E-state index in [0.717, 1.165) is 15.4 Å². The van der Waals surface area contributed by atoms with Gasteiger partial charge in [0.15, 0.2) is 0 Å². The third-order valence-electron chi connectivity index (χ3n) is 6.24. The van der Waals surface area contributed by atoms with Crippen molar-refractivity contribution in [2.24, 2.45) is 0 Å². The standard InChI is InChI=1S/C29H34ClN3O5S/c1-5-31-29(35)22(4)32(19-23-10-8-7-9-21(23)3)28(34)20-33(25-13-15-26(16-14-25)38-6-2)39(36,37)27-17-11-24(30)12-18-27/h7-18,22H,5-6,19-20H2,1-4H3,(H,31,35)/t22-/m0/s1. The maximum absolute atomic E-state index is 13.9. The number of anilines is 1. The Morgan fingerprint density at radius 3 is 2.21 bits per heavy atom. The molecule has 39 heavy (non-hydrogen) atoms. The molecule has 0 radical (unpaired) electrons. The van der Waals surface area contributed by atoms with Crippen LogP contribution in [0.5, 0.6) is 5.75 Å². The highest BCUT2D eigenvalue weighted by Crippen LogP contribution is 2.27. The summed E-state index contributed by atoms with van der Waals surface area (Å²) in [6.07, 6.45) is 0. The first-order valence-corrected chi connectivity index (χ1v) is 14.5. The number of benzene rings is 3. The topological polar surface area (TPSA) is 96.0 Å². The Bertz CT molecular complexity index is 1380. The zero-order valence-electron chi connectivity index (χ0n) is 22.6. The van der Waals surface area contributed by atoms with E-state index in [9.17, 15) is 18.0 Å². The SMILES string of the molecule is CCNC(=O)[C@H](C)N(Cc1ccccc1C)C(=O)CN(c1ccc(OCC)cc1)S(=O)(=O)c1ccc(Cl)cc1. The van der Waals surface area contributed by atoms with Gasteiger partial charge in [0.25, 0.3) is 10.0 Å². The van der Waals surface area contributed by atoms with Gasteiger partial charge in [0.1, 0.15) is 18.3 Å². The largest absolute Gasteiger partial charge is 0.494 e. The van der Waals surface area contributed by atoms with Crippen LogP contribution in [0.1, 0.15) is 31.9 Å². The predicted octanol–water partition coefficient (Wildman–Crippen LogP) is 4.80. The van der Waals surface area contributed by atoms with E-state index >= 15 is 0 Å². The molecule has 0 saturated heterocycles. The number of carbonyl (C=O) groups is 2. The number of ether oxygens (including phenoxy) is 1. The van der Waals surface area contributed by atoms with Gasteiger partial charge in [0.2, 0.25) is 11.8 Å². The summed E-state index contributed by atoms with van der Waals surface area (Å²) >= 11 is 5.99. The second-order valence-corrected chi connectivity index (χ2v) is 11.2. The molecule has 3 aromatic rings. The monoisotopic (exact) mass is 571 g/mol. The molecule has 10 heteroatoms. The van der Waals surface area contributed by atoms with E-state index in [4.69, 9.17) is 16.3 Å². The summed E-state index contributed by atoms with van der Waals surface area (Å²) in [6, 6.07) is 18.9. The molecule has 1 N–H and O–H groups in total. The van der Waals surface area contributed by atoms with E-state index in [1.54, 1.807) is 38.1 Å². The molecular weight excluding hydrogens is 538 g/mol. The van der Waals surface area contributed by atoms with Gasteiger partial charge in [-0.2, -0.15) is 0 Å². The number of hydrogen-bond donors (Lipinski definition) is 1. The van der Waals surface area contributed by atoms with Gasteiger partial charge in [0.05, 0.1) is 17.2 Å². The molecule has 8 nitrogen and oxygen atoms in total. The van der Waals surface area contributed by atoms with Crippen LogP contribution in [-0.2, 0) is 26.2 Å². The average Bonchev–Trinajstić information content (AvgIpc) is 2.92.